The summed E-state index contributed by atoms with van der Waals surface area (Å²) < 4.78 is 31.7. The minimum atomic E-state index is -0.603. The number of piperidine rings is 1. The summed E-state index contributed by atoms with van der Waals surface area (Å²) >= 11 is 0. The average Bonchev–Trinajstić information content (AvgIpc) is 3.22. The molecule has 3 fully saturated rings. The maximum Gasteiger partial charge on any atom is 0.410 e. The lowest BCUT2D eigenvalue weighted by atomic mass is 9.86. The third-order valence-electron chi connectivity index (χ3n) is 7.15. The summed E-state index contributed by atoms with van der Waals surface area (Å²) in [6.07, 6.45) is 2.46. The van der Waals surface area contributed by atoms with Gasteiger partial charge in [0, 0.05) is 11.6 Å². The standard InChI is InChI=1S/C27H38FN3O4/c1-25(2,3)35-24(32)31-16-27(17-31)13-21(14-34-27)30-10-8-19(9-11-30)22-12-20(28)6-7-23(22)33-18-26(4,5)15-29/h6-7,12,19,21H,8-11,13-14,16-18H2,1-5H3/t21-/m0/s1. The molecule has 7 nitrogen and oxygen atoms in total. The number of benzene rings is 1. The Morgan fingerprint density at radius 2 is 1.91 bits per heavy atom. The van der Waals surface area contributed by atoms with E-state index < -0.39 is 11.0 Å². The quantitative estimate of drug-likeness (QED) is 0.599. The highest BCUT2D eigenvalue weighted by molar-refractivity contribution is 5.69. The Morgan fingerprint density at radius 1 is 1.23 bits per heavy atom. The second-order valence-corrected chi connectivity index (χ2v) is 12.0. The van der Waals surface area contributed by atoms with Gasteiger partial charge in [-0.15, -0.1) is 0 Å². The molecule has 192 valence electrons. The number of carbonyl (C=O) groups excluding carboxylic acids is 1. The van der Waals surface area contributed by atoms with E-state index in [2.05, 4.69) is 11.0 Å². The highest BCUT2D eigenvalue weighted by atomic mass is 19.1. The van der Waals surface area contributed by atoms with Crippen LogP contribution in [0.25, 0.3) is 0 Å². The van der Waals surface area contributed by atoms with Gasteiger partial charge in [0.15, 0.2) is 0 Å². The van der Waals surface area contributed by atoms with E-state index in [-0.39, 0.29) is 30.0 Å². The topological polar surface area (TPSA) is 75.0 Å². The van der Waals surface area contributed by atoms with Gasteiger partial charge in [0.2, 0.25) is 0 Å². The van der Waals surface area contributed by atoms with Gasteiger partial charge < -0.3 is 19.1 Å². The molecule has 1 atom stereocenters. The number of ether oxygens (including phenoxy) is 3. The molecule has 3 aliphatic rings. The number of amides is 1. The lowest BCUT2D eigenvalue weighted by molar-refractivity contribution is -0.109. The molecule has 3 heterocycles. The Hall–Kier alpha value is -2.37. The monoisotopic (exact) mass is 487 g/mol. The van der Waals surface area contributed by atoms with Gasteiger partial charge in [-0.05, 0) is 91.1 Å². The number of nitriles is 1. The van der Waals surface area contributed by atoms with E-state index in [0.29, 0.717) is 31.5 Å². The lowest BCUT2D eigenvalue weighted by Gasteiger charge is -2.47. The normalized spacial score (nSPS) is 23.1. The summed E-state index contributed by atoms with van der Waals surface area (Å²) in [7, 11) is 0. The van der Waals surface area contributed by atoms with Crippen molar-refractivity contribution in [2.24, 2.45) is 5.41 Å². The number of nitrogens with zero attached hydrogens (tertiary/aromatic N) is 3. The van der Waals surface area contributed by atoms with Gasteiger partial charge >= 0.3 is 6.09 Å². The van der Waals surface area contributed by atoms with Crippen LogP contribution in [-0.4, -0.2) is 72.5 Å². The molecule has 35 heavy (non-hydrogen) atoms. The number of carbonyl (C=O) groups is 1. The zero-order valence-corrected chi connectivity index (χ0v) is 21.6. The summed E-state index contributed by atoms with van der Waals surface area (Å²) in [4.78, 5) is 16.5. The van der Waals surface area contributed by atoms with Gasteiger partial charge in [-0.1, -0.05) is 0 Å². The van der Waals surface area contributed by atoms with Crippen molar-refractivity contribution in [1.82, 2.24) is 9.80 Å². The molecule has 0 aromatic heterocycles. The van der Waals surface area contributed by atoms with Crippen LogP contribution >= 0.6 is 0 Å². The van der Waals surface area contributed by atoms with Crippen LogP contribution in [0, 0.1) is 22.6 Å². The van der Waals surface area contributed by atoms with Crippen molar-refractivity contribution < 1.29 is 23.4 Å². The number of hydrogen-bond donors (Lipinski definition) is 0. The number of likely N-dealkylation sites (tertiary alicyclic amines) is 2. The number of halogens is 1. The van der Waals surface area contributed by atoms with Gasteiger partial charge in [0.1, 0.15) is 29.4 Å². The van der Waals surface area contributed by atoms with Crippen molar-refractivity contribution in [2.75, 3.05) is 39.4 Å². The Balaban J connectivity index is 1.30. The average molecular weight is 488 g/mol. The minimum absolute atomic E-state index is 0.213. The van der Waals surface area contributed by atoms with E-state index in [1.54, 1.807) is 17.0 Å². The molecule has 1 amide bonds. The van der Waals surface area contributed by atoms with Crippen molar-refractivity contribution in [1.29, 1.82) is 5.26 Å². The highest BCUT2D eigenvalue weighted by Gasteiger charge is 2.53. The Kier molecular flexibility index (Phi) is 7.05. The fraction of sp³-hybridized carbons (Fsp3) is 0.704. The van der Waals surface area contributed by atoms with Crippen molar-refractivity contribution in [2.45, 2.75) is 77.0 Å². The maximum absolute atomic E-state index is 14.1. The summed E-state index contributed by atoms with van der Waals surface area (Å²) in [5.41, 5.74) is -0.463. The molecule has 0 saturated carbocycles. The second kappa shape index (κ2) is 9.59. The van der Waals surface area contributed by atoms with E-state index in [0.717, 1.165) is 37.9 Å². The molecule has 0 N–H and O–H groups in total. The first-order valence-corrected chi connectivity index (χ1v) is 12.6. The molecule has 3 saturated heterocycles. The highest BCUT2D eigenvalue weighted by Crippen LogP contribution is 2.40. The first kappa shape index (κ1) is 25.7. The maximum atomic E-state index is 14.1. The molecule has 1 spiro atoms. The van der Waals surface area contributed by atoms with E-state index >= 15 is 0 Å². The van der Waals surface area contributed by atoms with Gasteiger partial charge in [-0.25, -0.2) is 9.18 Å². The molecule has 4 rings (SSSR count). The second-order valence-electron chi connectivity index (χ2n) is 12.0. The van der Waals surface area contributed by atoms with E-state index in [9.17, 15) is 14.4 Å². The Bertz CT molecular complexity index is 970. The molecule has 8 heteroatoms. The zero-order valence-electron chi connectivity index (χ0n) is 21.6. The lowest BCUT2D eigenvalue weighted by Crippen LogP contribution is -2.64. The summed E-state index contributed by atoms with van der Waals surface area (Å²) in [5.74, 6) is 0.623. The fourth-order valence-corrected chi connectivity index (χ4v) is 5.22. The predicted molar refractivity (Wildman–Crippen MR) is 130 cm³/mol. The first-order chi connectivity index (χ1) is 16.4. The van der Waals surface area contributed by atoms with Crippen LogP contribution < -0.4 is 4.74 Å². The van der Waals surface area contributed by atoms with Crippen LogP contribution in [-0.2, 0) is 9.47 Å². The van der Waals surface area contributed by atoms with E-state index in [1.165, 1.54) is 6.07 Å². The van der Waals surface area contributed by atoms with Gasteiger partial charge in [-0.3, -0.25) is 4.90 Å². The molecular formula is C27H38FN3O4. The molecule has 0 aliphatic carbocycles. The van der Waals surface area contributed by atoms with Gasteiger partial charge in [0.25, 0.3) is 0 Å². The van der Waals surface area contributed by atoms with Crippen LogP contribution in [0.3, 0.4) is 0 Å². The van der Waals surface area contributed by atoms with Crippen LogP contribution in [0.15, 0.2) is 18.2 Å². The summed E-state index contributed by atoms with van der Waals surface area (Å²) in [6, 6.07) is 7.27. The molecule has 1 aromatic rings. The smallest absolute Gasteiger partial charge is 0.410 e. The van der Waals surface area contributed by atoms with Crippen LogP contribution in [0.1, 0.15) is 65.4 Å². The number of hydrogen-bond acceptors (Lipinski definition) is 6. The fourth-order valence-electron chi connectivity index (χ4n) is 5.22. The van der Waals surface area contributed by atoms with Crippen molar-refractivity contribution in [3.63, 3.8) is 0 Å². The molecule has 0 unspecified atom stereocenters. The largest absolute Gasteiger partial charge is 0.492 e. The van der Waals surface area contributed by atoms with Crippen LogP contribution in [0.4, 0.5) is 9.18 Å². The zero-order chi connectivity index (χ0) is 25.4. The third-order valence-corrected chi connectivity index (χ3v) is 7.15. The van der Waals surface area contributed by atoms with Gasteiger partial charge in [-0.2, -0.15) is 5.26 Å². The first-order valence-electron chi connectivity index (χ1n) is 12.6. The Morgan fingerprint density at radius 3 is 2.54 bits per heavy atom. The SMILES string of the molecule is CC(C)(C#N)COc1ccc(F)cc1C1CCN([C@@H]2COC3(C2)CN(C(=O)OC(C)(C)C)C3)CC1. The summed E-state index contributed by atoms with van der Waals surface area (Å²) in [6.45, 7) is 13.2. The van der Waals surface area contributed by atoms with E-state index in [1.807, 2.05) is 34.6 Å². The molecule has 3 aliphatic heterocycles. The van der Waals surface area contributed by atoms with Gasteiger partial charge in [0.05, 0.1) is 31.2 Å². The molecule has 0 radical (unpaired) electrons. The van der Waals surface area contributed by atoms with Crippen LogP contribution in [0.2, 0.25) is 0 Å². The van der Waals surface area contributed by atoms with Crippen molar-refractivity contribution in [3.05, 3.63) is 29.6 Å². The third kappa shape index (κ3) is 6.07. The van der Waals surface area contributed by atoms with Crippen molar-refractivity contribution in [3.8, 4) is 11.8 Å². The minimum Gasteiger partial charge on any atom is -0.492 e. The molecule has 0 bridgehead atoms. The number of rotatable bonds is 5. The Labute approximate surface area is 208 Å². The van der Waals surface area contributed by atoms with Crippen LogP contribution in [0.5, 0.6) is 5.75 Å². The molecule has 1 aromatic carbocycles. The van der Waals surface area contributed by atoms with Crippen molar-refractivity contribution >= 4 is 6.09 Å². The summed E-state index contributed by atoms with van der Waals surface area (Å²) in [5, 5.41) is 9.28. The molecular weight excluding hydrogens is 449 g/mol. The van der Waals surface area contributed by atoms with E-state index in [4.69, 9.17) is 14.2 Å². The predicted octanol–water partition coefficient (Wildman–Crippen LogP) is 4.71.